The summed E-state index contributed by atoms with van der Waals surface area (Å²) in [6.45, 7) is 7.19. The summed E-state index contributed by atoms with van der Waals surface area (Å²) in [4.78, 5) is 12.0. The number of rotatable bonds is 3. The van der Waals surface area contributed by atoms with Crippen molar-refractivity contribution < 1.29 is 0 Å². The Bertz CT molecular complexity index is 504. The lowest BCUT2D eigenvalue weighted by molar-refractivity contribution is 0.395. The summed E-state index contributed by atoms with van der Waals surface area (Å²) in [5.41, 5.74) is 1.54. The molecule has 2 heterocycles. The zero-order chi connectivity index (χ0) is 11.8. The molecule has 0 spiro atoms. The number of halogens is 1. The molecular weight excluding hydrogens is 268 g/mol. The summed E-state index contributed by atoms with van der Waals surface area (Å²) in [6, 6.07) is 1.99. The average molecular weight is 283 g/mol. The van der Waals surface area contributed by atoms with Crippen molar-refractivity contribution in [3.05, 3.63) is 22.6 Å². The number of pyridine rings is 1. The van der Waals surface area contributed by atoms with E-state index in [2.05, 4.69) is 57.0 Å². The van der Waals surface area contributed by atoms with Gasteiger partial charge in [0.05, 0.1) is 11.1 Å². The first kappa shape index (κ1) is 11.5. The van der Waals surface area contributed by atoms with Crippen molar-refractivity contribution in [3.63, 3.8) is 0 Å². The predicted octanol–water partition coefficient (Wildman–Crippen LogP) is 2.57. The third-order valence-corrected chi connectivity index (χ3v) is 2.95. The van der Waals surface area contributed by atoms with Crippen LogP contribution in [0.4, 0.5) is 0 Å². The highest BCUT2D eigenvalue weighted by Gasteiger charge is 2.23. The molecule has 0 aromatic carbocycles. The monoisotopic (exact) mass is 282 g/mol. The lowest BCUT2D eigenvalue weighted by atomic mass is 10.1. The van der Waals surface area contributed by atoms with Crippen molar-refractivity contribution in [3.8, 4) is 0 Å². The zero-order valence-electron chi connectivity index (χ0n) is 9.63. The largest absolute Gasteiger partial charge is 0.339 e. The van der Waals surface area contributed by atoms with E-state index in [1.54, 1.807) is 6.20 Å². The first-order valence-electron chi connectivity index (χ1n) is 5.29. The van der Waals surface area contributed by atoms with Crippen molar-refractivity contribution in [1.29, 1.82) is 0 Å². The van der Waals surface area contributed by atoms with Gasteiger partial charge < -0.3 is 10.3 Å². The Hall–Kier alpha value is -0.940. The molecule has 0 aliphatic carbocycles. The average Bonchev–Trinajstić information content (AvgIpc) is 2.61. The van der Waals surface area contributed by atoms with Gasteiger partial charge >= 0.3 is 0 Å². The molecule has 0 fully saturated rings. The molecule has 0 radical (unpaired) electrons. The molecule has 2 rings (SSSR count). The molecule has 0 unspecified atom stereocenters. The summed E-state index contributed by atoms with van der Waals surface area (Å²) in [7, 11) is 0. The van der Waals surface area contributed by atoms with Crippen molar-refractivity contribution in [2.24, 2.45) is 0 Å². The summed E-state index contributed by atoms with van der Waals surface area (Å²) >= 11 is 3.40. The maximum absolute atomic E-state index is 4.49. The second kappa shape index (κ2) is 4.14. The van der Waals surface area contributed by atoms with Gasteiger partial charge in [-0.3, -0.25) is 0 Å². The molecule has 86 valence electrons. The van der Waals surface area contributed by atoms with Crippen LogP contribution in [-0.2, 0) is 5.54 Å². The summed E-state index contributed by atoms with van der Waals surface area (Å²) in [6.07, 6.45) is 1.76. The van der Waals surface area contributed by atoms with Crippen LogP contribution in [0.15, 0.2) is 16.7 Å². The molecule has 5 heteroatoms. The van der Waals surface area contributed by atoms with E-state index in [0.29, 0.717) is 0 Å². The Morgan fingerprint density at radius 2 is 2.25 bits per heavy atom. The fraction of sp³-hybridized carbons (Fsp3) is 0.455. The molecule has 0 saturated carbocycles. The number of nitrogens with one attached hydrogen (secondary N) is 2. The van der Waals surface area contributed by atoms with Crippen molar-refractivity contribution >= 4 is 27.1 Å². The van der Waals surface area contributed by atoms with Crippen molar-refractivity contribution in [2.45, 2.75) is 26.3 Å². The van der Waals surface area contributed by atoms with Crippen LogP contribution >= 0.6 is 15.9 Å². The third kappa shape index (κ3) is 2.10. The molecule has 0 atom stereocenters. The van der Waals surface area contributed by atoms with Crippen LogP contribution in [-0.4, -0.2) is 21.5 Å². The predicted molar refractivity (Wildman–Crippen MR) is 68.3 cm³/mol. The topological polar surface area (TPSA) is 53.6 Å². The number of hydrogen-bond acceptors (Lipinski definition) is 3. The molecule has 2 aromatic rings. The SMILES string of the molecule is CCNC(C)(C)c1nc2ncc(Br)cc2[nH]1. The number of nitrogens with zero attached hydrogens (tertiary/aromatic N) is 2. The molecule has 0 aliphatic rings. The minimum absolute atomic E-state index is 0.165. The Morgan fingerprint density at radius 1 is 1.50 bits per heavy atom. The van der Waals surface area contributed by atoms with Crippen LogP contribution in [0, 0.1) is 0 Å². The lowest BCUT2D eigenvalue weighted by Gasteiger charge is -2.22. The molecule has 0 aliphatic heterocycles. The zero-order valence-corrected chi connectivity index (χ0v) is 11.2. The first-order chi connectivity index (χ1) is 7.53. The molecule has 2 aromatic heterocycles. The highest BCUT2D eigenvalue weighted by atomic mass is 79.9. The second-order valence-electron chi connectivity index (χ2n) is 4.27. The molecule has 0 amide bonds. The Morgan fingerprint density at radius 3 is 2.94 bits per heavy atom. The summed E-state index contributed by atoms with van der Waals surface area (Å²) in [5, 5.41) is 3.38. The van der Waals surface area contributed by atoms with E-state index in [-0.39, 0.29) is 5.54 Å². The van der Waals surface area contributed by atoms with Gasteiger partial charge in [-0.25, -0.2) is 9.97 Å². The number of fused-ring (bicyclic) bond motifs is 1. The van der Waals surface area contributed by atoms with E-state index < -0.39 is 0 Å². The molecule has 2 N–H and O–H groups in total. The van der Waals surface area contributed by atoms with Crippen LogP contribution in [0.5, 0.6) is 0 Å². The van der Waals surface area contributed by atoms with Gasteiger partial charge in [-0.2, -0.15) is 0 Å². The maximum atomic E-state index is 4.49. The van der Waals surface area contributed by atoms with Crippen LogP contribution in [0.25, 0.3) is 11.2 Å². The van der Waals surface area contributed by atoms with Gasteiger partial charge in [-0.1, -0.05) is 6.92 Å². The summed E-state index contributed by atoms with van der Waals surface area (Å²) in [5.74, 6) is 0.912. The minimum Gasteiger partial charge on any atom is -0.339 e. The Labute approximate surface area is 103 Å². The van der Waals surface area contributed by atoms with E-state index in [4.69, 9.17) is 0 Å². The quantitative estimate of drug-likeness (QED) is 0.910. The fourth-order valence-electron chi connectivity index (χ4n) is 1.70. The van der Waals surface area contributed by atoms with E-state index in [1.165, 1.54) is 0 Å². The standard InChI is InChI=1S/C11H15BrN4/c1-4-14-11(2,3)10-15-8-5-7(12)6-13-9(8)16-10/h5-6,14H,4H2,1-3H3,(H,13,15,16). The van der Waals surface area contributed by atoms with Crippen LogP contribution in [0.1, 0.15) is 26.6 Å². The third-order valence-electron chi connectivity index (χ3n) is 2.51. The van der Waals surface area contributed by atoms with Gasteiger partial charge in [0, 0.05) is 10.7 Å². The van der Waals surface area contributed by atoms with E-state index >= 15 is 0 Å². The van der Waals surface area contributed by atoms with Gasteiger partial charge in [-0.15, -0.1) is 0 Å². The van der Waals surface area contributed by atoms with Gasteiger partial charge in [0.25, 0.3) is 0 Å². The highest BCUT2D eigenvalue weighted by molar-refractivity contribution is 9.10. The second-order valence-corrected chi connectivity index (χ2v) is 5.18. The van der Waals surface area contributed by atoms with E-state index in [1.807, 2.05) is 6.07 Å². The normalized spacial score (nSPS) is 12.2. The number of aromatic nitrogens is 3. The Kier molecular flexibility index (Phi) is 2.99. The Balaban J connectivity index is 2.46. The number of H-pyrrole nitrogens is 1. The molecular formula is C11H15BrN4. The van der Waals surface area contributed by atoms with Gasteiger partial charge in [0.15, 0.2) is 5.65 Å². The lowest BCUT2D eigenvalue weighted by Crippen LogP contribution is -2.37. The smallest absolute Gasteiger partial charge is 0.177 e. The molecule has 0 bridgehead atoms. The fourth-order valence-corrected chi connectivity index (χ4v) is 2.03. The van der Waals surface area contributed by atoms with Crippen molar-refractivity contribution in [1.82, 2.24) is 20.3 Å². The number of imidazole rings is 1. The van der Waals surface area contributed by atoms with Gasteiger partial charge in [-0.05, 0) is 42.4 Å². The maximum Gasteiger partial charge on any atom is 0.177 e. The number of aromatic amines is 1. The molecule has 16 heavy (non-hydrogen) atoms. The molecule has 0 saturated heterocycles. The van der Waals surface area contributed by atoms with E-state index in [0.717, 1.165) is 28.0 Å². The molecule has 4 nitrogen and oxygen atoms in total. The first-order valence-corrected chi connectivity index (χ1v) is 6.09. The van der Waals surface area contributed by atoms with Crippen LogP contribution in [0.2, 0.25) is 0 Å². The van der Waals surface area contributed by atoms with Gasteiger partial charge in [0.1, 0.15) is 5.82 Å². The van der Waals surface area contributed by atoms with Crippen molar-refractivity contribution in [2.75, 3.05) is 6.54 Å². The number of hydrogen-bond donors (Lipinski definition) is 2. The van der Waals surface area contributed by atoms with Crippen LogP contribution < -0.4 is 5.32 Å². The van der Waals surface area contributed by atoms with E-state index in [9.17, 15) is 0 Å². The minimum atomic E-state index is -0.165. The van der Waals surface area contributed by atoms with Gasteiger partial charge in [0.2, 0.25) is 0 Å². The van der Waals surface area contributed by atoms with Crippen LogP contribution in [0.3, 0.4) is 0 Å². The highest BCUT2D eigenvalue weighted by Crippen LogP contribution is 2.21. The summed E-state index contributed by atoms with van der Waals surface area (Å²) < 4.78 is 0.955.